The number of urea groups is 1. The summed E-state index contributed by atoms with van der Waals surface area (Å²) in [6.45, 7) is 2.11. The molecule has 108 valence electrons. The fourth-order valence-electron chi connectivity index (χ4n) is 2.24. The molecule has 0 aliphatic heterocycles. The largest absolute Gasteiger partial charge is 0.478 e. The number of carbonyl (C=O) groups excluding carboxylic acids is 1. The van der Waals surface area contributed by atoms with Crippen molar-refractivity contribution in [3.8, 4) is 0 Å². The molecule has 2 unspecified atom stereocenters. The van der Waals surface area contributed by atoms with Crippen LogP contribution in [0.2, 0.25) is 5.02 Å². The lowest BCUT2D eigenvalue weighted by Crippen LogP contribution is -2.32. The SMILES string of the molecule is CCCC1CC1NC(=O)Nc1ccc(Cl)cc1C(=O)O. The third kappa shape index (κ3) is 3.63. The summed E-state index contributed by atoms with van der Waals surface area (Å²) in [5.74, 6) is -0.576. The van der Waals surface area contributed by atoms with Gasteiger partial charge in [0.15, 0.2) is 0 Å². The van der Waals surface area contributed by atoms with Crippen LogP contribution >= 0.6 is 11.6 Å². The number of halogens is 1. The fourth-order valence-corrected chi connectivity index (χ4v) is 2.42. The van der Waals surface area contributed by atoms with E-state index in [9.17, 15) is 9.59 Å². The predicted octanol–water partition coefficient (Wildman–Crippen LogP) is 3.35. The molecule has 2 rings (SSSR count). The third-order valence-electron chi connectivity index (χ3n) is 3.36. The predicted molar refractivity (Wildman–Crippen MR) is 77.4 cm³/mol. The summed E-state index contributed by atoms with van der Waals surface area (Å²) >= 11 is 5.75. The second-order valence-corrected chi connectivity index (χ2v) is 5.42. The minimum absolute atomic E-state index is 0.0199. The van der Waals surface area contributed by atoms with Crippen LogP contribution in [0.3, 0.4) is 0 Å². The molecule has 2 amide bonds. The number of hydrogen-bond donors (Lipinski definition) is 3. The summed E-state index contributed by atoms with van der Waals surface area (Å²) in [5, 5.41) is 14.8. The second kappa shape index (κ2) is 6.13. The Balaban J connectivity index is 1.96. The summed E-state index contributed by atoms with van der Waals surface area (Å²) in [4.78, 5) is 22.9. The Hall–Kier alpha value is -1.75. The van der Waals surface area contributed by atoms with Crippen LogP contribution in [-0.4, -0.2) is 23.1 Å². The summed E-state index contributed by atoms with van der Waals surface area (Å²) in [7, 11) is 0. The van der Waals surface area contributed by atoms with Crippen LogP contribution < -0.4 is 10.6 Å². The molecule has 1 aromatic rings. The highest BCUT2D eigenvalue weighted by atomic mass is 35.5. The maximum atomic E-state index is 11.8. The van der Waals surface area contributed by atoms with Gasteiger partial charge in [0.2, 0.25) is 0 Å². The lowest BCUT2D eigenvalue weighted by atomic mass is 10.2. The van der Waals surface area contributed by atoms with Gasteiger partial charge in [-0.15, -0.1) is 0 Å². The lowest BCUT2D eigenvalue weighted by molar-refractivity contribution is 0.0698. The number of nitrogens with one attached hydrogen (secondary N) is 2. The number of rotatable bonds is 5. The number of carboxylic acid groups (broad SMARTS) is 1. The number of carbonyl (C=O) groups is 2. The van der Waals surface area contributed by atoms with Gasteiger partial charge in [-0.1, -0.05) is 24.9 Å². The first-order chi connectivity index (χ1) is 9.51. The highest BCUT2D eigenvalue weighted by Gasteiger charge is 2.37. The maximum Gasteiger partial charge on any atom is 0.337 e. The van der Waals surface area contributed by atoms with Gasteiger partial charge in [-0.05, 0) is 37.0 Å². The summed E-state index contributed by atoms with van der Waals surface area (Å²) in [5.41, 5.74) is 0.223. The van der Waals surface area contributed by atoms with Crippen molar-refractivity contribution < 1.29 is 14.7 Å². The summed E-state index contributed by atoms with van der Waals surface area (Å²) in [6.07, 6.45) is 3.20. The molecule has 1 fully saturated rings. The average Bonchev–Trinajstić information content (AvgIpc) is 3.09. The highest BCUT2D eigenvalue weighted by molar-refractivity contribution is 6.31. The number of hydrogen-bond acceptors (Lipinski definition) is 2. The maximum absolute atomic E-state index is 11.8. The normalized spacial score (nSPS) is 20.3. The molecule has 0 saturated heterocycles. The van der Waals surface area contributed by atoms with E-state index < -0.39 is 5.97 Å². The van der Waals surface area contributed by atoms with E-state index in [0.29, 0.717) is 10.9 Å². The molecule has 0 radical (unpaired) electrons. The molecule has 1 aliphatic rings. The van der Waals surface area contributed by atoms with Crippen LogP contribution in [0, 0.1) is 5.92 Å². The zero-order valence-electron chi connectivity index (χ0n) is 11.1. The first-order valence-electron chi connectivity index (χ1n) is 6.61. The molecular formula is C14H17ClN2O3. The van der Waals surface area contributed by atoms with Crippen LogP contribution in [0.5, 0.6) is 0 Å². The van der Waals surface area contributed by atoms with E-state index in [-0.39, 0.29) is 23.3 Å². The molecule has 0 bridgehead atoms. The van der Waals surface area contributed by atoms with Gasteiger partial charge in [-0.3, -0.25) is 0 Å². The molecule has 5 nitrogen and oxygen atoms in total. The van der Waals surface area contributed by atoms with Crippen LogP contribution in [0.15, 0.2) is 18.2 Å². The Bertz CT molecular complexity index is 533. The Morgan fingerprint density at radius 3 is 2.85 bits per heavy atom. The van der Waals surface area contributed by atoms with E-state index in [1.54, 1.807) is 6.07 Å². The van der Waals surface area contributed by atoms with Gasteiger partial charge in [-0.2, -0.15) is 0 Å². The molecule has 20 heavy (non-hydrogen) atoms. The standard InChI is InChI=1S/C14H17ClN2O3/c1-2-3-8-6-12(8)17-14(20)16-11-5-4-9(15)7-10(11)13(18)19/h4-5,7-8,12H,2-3,6H2,1H3,(H,18,19)(H2,16,17,20). The van der Waals surface area contributed by atoms with Crippen molar-refractivity contribution >= 4 is 29.3 Å². The molecule has 0 aromatic heterocycles. The molecule has 0 heterocycles. The fraction of sp³-hybridized carbons (Fsp3) is 0.429. The van der Waals surface area contributed by atoms with Crippen LogP contribution in [0.4, 0.5) is 10.5 Å². The topological polar surface area (TPSA) is 78.4 Å². The summed E-state index contributed by atoms with van der Waals surface area (Å²) in [6, 6.07) is 4.17. The number of aromatic carboxylic acids is 1. The van der Waals surface area contributed by atoms with Crippen molar-refractivity contribution in [2.45, 2.75) is 32.2 Å². The number of anilines is 1. The second-order valence-electron chi connectivity index (χ2n) is 4.98. The zero-order valence-corrected chi connectivity index (χ0v) is 11.9. The molecule has 2 atom stereocenters. The quantitative estimate of drug-likeness (QED) is 0.779. The molecule has 1 aromatic carbocycles. The van der Waals surface area contributed by atoms with Gasteiger partial charge >= 0.3 is 12.0 Å². The third-order valence-corrected chi connectivity index (χ3v) is 3.59. The van der Waals surface area contributed by atoms with Crippen LogP contribution in [0.1, 0.15) is 36.5 Å². The Morgan fingerprint density at radius 2 is 2.20 bits per heavy atom. The van der Waals surface area contributed by atoms with Gasteiger partial charge in [0.25, 0.3) is 0 Å². The van der Waals surface area contributed by atoms with Crippen molar-refractivity contribution in [3.63, 3.8) is 0 Å². The number of amides is 2. The molecular weight excluding hydrogens is 280 g/mol. The number of benzene rings is 1. The molecule has 1 aliphatic carbocycles. The smallest absolute Gasteiger partial charge is 0.337 e. The molecule has 6 heteroatoms. The Labute approximate surface area is 122 Å². The van der Waals surface area contributed by atoms with Crippen molar-refractivity contribution in [3.05, 3.63) is 28.8 Å². The minimum Gasteiger partial charge on any atom is -0.478 e. The van der Waals surface area contributed by atoms with E-state index in [1.165, 1.54) is 12.1 Å². The lowest BCUT2D eigenvalue weighted by Gasteiger charge is -2.10. The van der Waals surface area contributed by atoms with Gasteiger partial charge in [0.1, 0.15) is 0 Å². The Morgan fingerprint density at radius 1 is 1.45 bits per heavy atom. The van der Waals surface area contributed by atoms with Gasteiger partial charge in [-0.25, -0.2) is 9.59 Å². The van der Waals surface area contributed by atoms with Crippen LogP contribution in [-0.2, 0) is 0 Å². The molecule has 0 spiro atoms. The van der Waals surface area contributed by atoms with Crippen molar-refractivity contribution in [2.75, 3.05) is 5.32 Å². The van der Waals surface area contributed by atoms with Gasteiger partial charge in [0.05, 0.1) is 11.3 Å². The van der Waals surface area contributed by atoms with Crippen LogP contribution in [0.25, 0.3) is 0 Å². The first-order valence-corrected chi connectivity index (χ1v) is 6.99. The first kappa shape index (κ1) is 14.7. The van der Waals surface area contributed by atoms with E-state index in [0.717, 1.165) is 19.3 Å². The van der Waals surface area contributed by atoms with E-state index in [1.807, 2.05) is 0 Å². The van der Waals surface area contributed by atoms with Gasteiger partial charge in [0, 0.05) is 11.1 Å². The van der Waals surface area contributed by atoms with E-state index in [2.05, 4.69) is 17.6 Å². The average molecular weight is 297 g/mol. The van der Waals surface area contributed by atoms with Gasteiger partial charge < -0.3 is 15.7 Å². The van der Waals surface area contributed by atoms with Crippen molar-refractivity contribution in [1.82, 2.24) is 5.32 Å². The molecule has 1 saturated carbocycles. The Kier molecular flexibility index (Phi) is 4.49. The van der Waals surface area contributed by atoms with E-state index >= 15 is 0 Å². The van der Waals surface area contributed by atoms with E-state index in [4.69, 9.17) is 16.7 Å². The van der Waals surface area contributed by atoms with Crippen molar-refractivity contribution in [1.29, 1.82) is 0 Å². The van der Waals surface area contributed by atoms with Crippen molar-refractivity contribution in [2.24, 2.45) is 5.92 Å². The summed E-state index contributed by atoms with van der Waals surface area (Å²) < 4.78 is 0. The number of carboxylic acids is 1. The minimum atomic E-state index is -1.13. The highest BCUT2D eigenvalue weighted by Crippen LogP contribution is 2.34. The zero-order chi connectivity index (χ0) is 14.7. The molecule has 3 N–H and O–H groups in total. The monoisotopic (exact) mass is 296 g/mol.